The van der Waals surface area contributed by atoms with E-state index in [9.17, 15) is 8.42 Å². The van der Waals surface area contributed by atoms with Gasteiger partial charge in [0.1, 0.15) is 10.7 Å². The van der Waals surface area contributed by atoms with Crippen LogP contribution in [0.3, 0.4) is 0 Å². The van der Waals surface area contributed by atoms with Crippen molar-refractivity contribution in [3.63, 3.8) is 0 Å². The van der Waals surface area contributed by atoms with Crippen molar-refractivity contribution in [2.24, 2.45) is 0 Å². The fraction of sp³-hybridized carbons (Fsp3) is 0.300. The third-order valence-electron chi connectivity index (χ3n) is 2.34. The van der Waals surface area contributed by atoms with E-state index >= 15 is 0 Å². The molecule has 7 nitrogen and oxygen atoms in total. The average Bonchev–Trinajstić information content (AvgIpc) is 2.88. The molecule has 0 amide bonds. The number of nitrogens with one attached hydrogen (secondary N) is 1. The van der Waals surface area contributed by atoms with Crippen LogP contribution in [0, 0.1) is 0 Å². The van der Waals surface area contributed by atoms with Crippen molar-refractivity contribution in [2.75, 3.05) is 0 Å². The Hall–Kier alpha value is -1.32. The summed E-state index contributed by atoms with van der Waals surface area (Å²) in [7, 11) is -3.58. The highest BCUT2D eigenvalue weighted by molar-refractivity contribution is 9.10. The van der Waals surface area contributed by atoms with Crippen molar-refractivity contribution in [3.05, 3.63) is 35.1 Å². The van der Waals surface area contributed by atoms with Gasteiger partial charge in [0.15, 0.2) is 0 Å². The number of aryl methyl sites for hydroxylation is 1. The minimum absolute atomic E-state index is 0.0346. The van der Waals surface area contributed by atoms with E-state index in [1.165, 1.54) is 12.4 Å². The van der Waals surface area contributed by atoms with Crippen molar-refractivity contribution < 1.29 is 8.42 Å². The molecule has 0 aliphatic rings. The average molecular weight is 346 g/mol. The van der Waals surface area contributed by atoms with Crippen LogP contribution in [-0.2, 0) is 23.1 Å². The molecular weight excluding hydrogens is 334 g/mol. The van der Waals surface area contributed by atoms with Crippen LogP contribution in [0.2, 0.25) is 0 Å². The predicted molar refractivity (Wildman–Crippen MR) is 71.7 cm³/mol. The maximum atomic E-state index is 12.0. The zero-order valence-electron chi connectivity index (χ0n) is 10.1. The SMILES string of the molecule is CCn1cc(S(=O)(=O)NCc2ncc(Br)cn2)cn1. The Morgan fingerprint density at radius 1 is 1.32 bits per heavy atom. The number of hydrogen-bond donors (Lipinski definition) is 1. The van der Waals surface area contributed by atoms with Crippen molar-refractivity contribution in [3.8, 4) is 0 Å². The molecule has 0 saturated heterocycles. The molecular formula is C10H12BrN5O2S. The van der Waals surface area contributed by atoms with Gasteiger partial charge in [-0.15, -0.1) is 0 Å². The van der Waals surface area contributed by atoms with E-state index in [0.29, 0.717) is 12.4 Å². The van der Waals surface area contributed by atoms with E-state index < -0.39 is 10.0 Å². The Labute approximate surface area is 119 Å². The number of nitrogens with zero attached hydrogens (tertiary/aromatic N) is 4. The number of rotatable bonds is 5. The lowest BCUT2D eigenvalue weighted by atomic mass is 10.6. The molecule has 2 heterocycles. The smallest absolute Gasteiger partial charge is 0.244 e. The molecule has 0 aromatic carbocycles. The molecule has 0 unspecified atom stereocenters. The molecule has 9 heteroatoms. The number of sulfonamides is 1. The second-order valence-corrected chi connectivity index (χ2v) is 6.36. The second kappa shape index (κ2) is 5.76. The van der Waals surface area contributed by atoms with Gasteiger partial charge in [-0.05, 0) is 22.9 Å². The zero-order chi connectivity index (χ0) is 13.9. The Morgan fingerprint density at radius 3 is 2.58 bits per heavy atom. The van der Waals surface area contributed by atoms with Gasteiger partial charge in [-0.25, -0.2) is 23.1 Å². The van der Waals surface area contributed by atoms with Gasteiger partial charge in [-0.3, -0.25) is 4.68 Å². The summed E-state index contributed by atoms with van der Waals surface area (Å²) in [6, 6.07) is 0. The zero-order valence-corrected chi connectivity index (χ0v) is 12.5. The summed E-state index contributed by atoms with van der Waals surface area (Å²) in [6.07, 6.45) is 5.91. The van der Waals surface area contributed by atoms with Crippen LogP contribution in [0.5, 0.6) is 0 Å². The van der Waals surface area contributed by atoms with Crippen molar-refractivity contribution >= 4 is 26.0 Å². The maximum Gasteiger partial charge on any atom is 0.244 e. The Morgan fingerprint density at radius 2 is 2.00 bits per heavy atom. The van der Waals surface area contributed by atoms with Crippen molar-refractivity contribution in [1.82, 2.24) is 24.5 Å². The summed E-state index contributed by atoms with van der Waals surface area (Å²) in [5.41, 5.74) is 0. The summed E-state index contributed by atoms with van der Waals surface area (Å²) in [4.78, 5) is 8.11. The first kappa shape index (κ1) is 14.1. The summed E-state index contributed by atoms with van der Waals surface area (Å²) >= 11 is 3.21. The van der Waals surface area contributed by atoms with Crippen molar-refractivity contribution in [1.29, 1.82) is 0 Å². The largest absolute Gasteiger partial charge is 0.272 e. The summed E-state index contributed by atoms with van der Waals surface area (Å²) in [6.45, 7) is 2.53. The molecule has 0 spiro atoms. The normalized spacial score (nSPS) is 11.7. The van der Waals surface area contributed by atoms with Gasteiger partial charge in [0.2, 0.25) is 10.0 Å². The first-order chi connectivity index (χ1) is 9.01. The van der Waals surface area contributed by atoms with Gasteiger partial charge in [0, 0.05) is 25.1 Å². The molecule has 19 heavy (non-hydrogen) atoms. The summed E-state index contributed by atoms with van der Waals surface area (Å²) < 4.78 is 28.7. The molecule has 0 aliphatic carbocycles. The number of aromatic nitrogens is 4. The quantitative estimate of drug-likeness (QED) is 0.870. The van der Waals surface area contributed by atoms with Crippen LogP contribution in [0.4, 0.5) is 0 Å². The van der Waals surface area contributed by atoms with Crippen LogP contribution in [-0.4, -0.2) is 28.2 Å². The molecule has 0 bridgehead atoms. The minimum Gasteiger partial charge on any atom is -0.272 e. The Bertz CT molecular complexity index is 653. The fourth-order valence-electron chi connectivity index (χ4n) is 1.33. The fourth-order valence-corrected chi connectivity index (χ4v) is 2.47. The van der Waals surface area contributed by atoms with Gasteiger partial charge in [-0.1, -0.05) is 0 Å². The van der Waals surface area contributed by atoms with Gasteiger partial charge < -0.3 is 0 Å². The molecule has 0 atom stereocenters. The molecule has 2 aromatic rings. The van der Waals surface area contributed by atoms with E-state index in [-0.39, 0.29) is 11.4 Å². The standard InChI is InChI=1S/C10H12BrN5O2S/c1-2-16-7-9(5-14-16)19(17,18)15-6-10-12-3-8(11)4-13-10/h3-5,7,15H,2,6H2,1H3. The molecule has 0 radical (unpaired) electrons. The number of halogens is 1. The lowest BCUT2D eigenvalue weighted by Crippen LogP contribution is -2.24. The highest BCUT2D eigenvalue weighted by Gasteiger charge is 2.16. The summed E-state index contributed by atoms with van der Waals surface area (Å²) in [5, 5.41) is 3.93. The van der Waals surface area contributed by atoms with Gasteiger partial charge in [0.05, 0.1) is 17.2 Å². The lowest BCUT2D eigenvalue weighted by Gasteiger charge is -2.03. The molecule has 1 N–H and O–H groups in total. The van der Waals surface area contributed by atoms with Crippen LogP contribution in [0.1, 0.15) is 12.7 Å². The number of hydrogen-bond acceptors (Lipinski definition) is 5. The highest BCUT2D eigenvalue weighted by atomic mass is 79.9. The Kier molecular flexibility index (Phi) is 4.27. The van der Waals surface area contributed by atoms with E-state index in [2.05, 4.69) is 35.7 Å². The third-order valence-corrected chi connectivity index (χ3v) is 4.10. The van der Waals surface area contributed by atoms with Gasteiger partial charge in [-0.2, -0.15) is 5.10 Å². The van der Waals surface area contributed by atoms with E-state index in [1.807, 2.05) is 6.92 Å². The highest BCUT2D eigenvalue weighted by Crippen LogP contribution is 2.08. The molecule has 0 saturated carbocycles. The molecule has 0 fully saturated rings. The Balaban J connectivity index is 2.07. The lowest BCUT2D eigenvalue weighted by molar-refractivity contribution is 0.578. The second-order valence-electron chi connectivity index (χ2n) is 3.67. The molecule has 2 aromatic heterocycles. The van der Waals surface area contributed by atoms with E-state index in [1.54, 1.807) is 17.1 Å². The summed E-state index contributed by atoms with van der Waals surface area (Å²) in [5.74, 6) is 0.398. The third kappa shape index (κ3) is 3.58. The minimum atomic E-state index is -3.58. The first-order valence-corrected chi connectivity index (χ1v) is 7.77. The van der Waals surface area contributed by atoms with Crippen LogP contribution in [0.15, 0.2) is 34.2 Å². The van der Waals surface area contributed by atoms with E-state index in [0.717, 1.165) is 4.47 Å². The molecule has 2 rings (SSSR count). The van der Waals surface area contributed by atoms with Crippen molar-refractivity contribution in [2.45, 2.75) is 24.9 Å². The molecule has 0 aliphatic heterocycles. The maximum absolute atomic E-state index is 12.0. The van der Waals surface area contributed by atoms with Crippen LogP contribution >= 0.6 is 15.9 Å². The predicted octanol–water partition coefficient (Wildman–Crippen LogP) is 0.934. The van der Waals surface area contributed by atoms with Gasteiger partial charge in [0.25, 0.3) is 0 Å². The topological polar surface area (TPSA) is 89.8 Å². The molecule has 102 valence electrons. The van der Waals surface area contributed by atoms with E-state index in [4.69, 9.17) is 0 Å². The van der Waals surface area contributed by atoms with Gasteiger partial charge >= 0.3 is 0 Å². The first-order valence-electron chi connectivity index (χ1n) is 5.50. The van der Waals surface area contributed by atoms with Crippen LogP contribution in [0.25, 0.3) is 0 Å². The van der Waals surface area contributed by atoms with Crippen LogP contribution < -0.4 is 4.72 Å². The monoisotopic (exact) mass is 345 g/mol.